The maximum Gasteiger partial charge on any atom is 0.416 e. The molecule has 2 amide bonds. The molecule has 1 aromatic heterocycles. The SMILES string of the molecule is C=CCN(CC(=O)N(Cc1ccccc1)Cc1ccc(C)s1)C(=O)c1cccc(C(F)(F)F)c1. The van der Waals surface area contributed by atoms with E-state index in [0.717, 1.165) is 27.5 Å². The molecule has 178 valence electrons. The Hall–Kier alpha value is -3.39. The van der Waals surface area contributed by atoms with Gasteiger partial charge < -0.3 is 9.80 Å². The third kappa shape index (κ3) is 6.81. The number of carbonyl (C=O) groups excluding carboxylic acids is 2. The maximum absolute atomic E-state index is 13.3. The van der Waals surface area contributed by atoms with Crippen molar-refractivity contribution in [3.8, 4) is 0 Å². The molecule has 0 aliphatic carbocycles. The lowest BCUT2D eigenvalue weighted by atomic mass is 10.1. The van der Waals surface area contributed by atoms with Crippen LogP contribution in [-0.4, -0.2) is 34.7 Å². The zero-order chi connectivity index (χ0) is 24.7. The van der Waals surface area contributed by atoms with Crippen LogP contribution in [-0.2, 0) is 24.1 Å². The molecule has 0 aliphatic rings. The van der Waals surface area contributed by atoms with Crippen molar-refractivity contribution in [2.45, 2.75) is 26.2 Å². The van der Waals surface area contributed by atoms with Gasteiger partial charge >= 0.3 is 6.18 Å². The van der Waals surface area contributed by atoms with Crippen LogP contribution in [0.1, 0.15) is 31.2 Å². The minimum atomic E-state index is -4.57. The molecule has 0 N–H and O–H groups in total. The number of carbonyl (C=O) groups is 2. The van der Waals surface area contributed by atoms with Gasteiger partial charge in [0.2, 0.25) is 5.91 Å². The molecule has 3 rings (SSSR count). The third-order valence-corrected chi connectivity index (χ3v) is 6.10. The van der Waals surface area contributed by atoms with E-state index in [2.05, 4.69) is 6.58 Å². The topological polar surface area (TPSA) is 40.6 Å². The van der Waals surface area contributed by atoms with Crippen molar-refractivity contribution in [2.75, 3.05) is 13.1 Å². The Balaban J connectivity index is 1.82. The molecule has 0 spiro atoms. The molecule has 0 unspecified atom stereocenters. The molecule has 0 fully saturated rings. The lowest BCUT2D eigenvalue weighted by Crippen LogP contribution is -2.42. The molecular formula is C26H25F3N2O2S. The van der Waals surface area contributed by atoms with Crippen molar-refractivity contribution in [2.24, 2.45) is 0 Å². The van der Waals surface area contributed by atoms with Crippen LogP contribution < -0.4 is 0 Å². The molecule has 8 heteroatoms. The number of amides is 2. The molecule has 0 saturated heterocycles. The van der Waals surface area contributed by atoms with Gasteiger partial charge in [0.15, 0.2) is 0 Å². The van der Waals surface area contributed by atoms with E-state index < -0.39 is 17.6 Å². The molecule has 0 radical (unpaired) electrons. The second kappa shape index (κ2) is 11.2. The van der Waals surface area contributed by atoms with Crippen LogP contribution in [0.4, 0.5) is 13.2 Å². The summed E-state index contributed by atoms with van der Waals surface area (Å²) in [6.07, 6.45) is -3.12. The summed E-state index contributed by atoms with van der Waals surface area (Å²) < 4.78 is 39.3. The fraction of sp³-hybridized carbons (Fsp3) is 0.231. The van der Waals surface area contributed by atoms with Gasteiger partial charge in [0.25, 0.3) is 5.91 Å². The first-order valence-electron chi connectivity index (χ1n) is 10.6. The van der Waals surface area contributed by atoms with Gasteiger partial charge in [0, 0.05) is 28.4 Å². The highest BCUT2D eigenvalue weighted by atomic mass is 32.1. The van der Waals surface area contributed by atoms with E-state index in [1.54, 1.807) is 16.2 Å². The quantitative estimate of drug-likeness (QED) is 0.352. The molecule has 3 aromatic rings. The van der Waals surface area contributed by atoms with Crippen molar-refractivity contribution in [3.05, 3.63) is 106 Å². The van der Waals surface area contributed by atoms with Crippen LogP contribution in [0.15, 0.2) is 79.4 Å². The van der Waals surface area contributed by atoms with Crippen LogP contribution in [0.5, 0.6) is 0 Å². The predicted molar refractivity (Wildman–Crippen MR) is 127 cm³/mol. The fourth-order valence-electron chi connectivity index (χ4n) is 3.44. The molecule has 2 aromatic carbocycles. The highest BCUT2D eigenvalue weighted by Crippen LogP contribution is 2.29. The van der Waals surface area contributed by atoms with Gasteiger partial charge in [0.05, 0.1) is 12.1 Å². The van der Waals surface area contributed by atoms with E-state index in [4.69, 9.17) is 0 Å². The summed E-state index contributed by atoms with van der Waals surface area (Å²) in [6.45, 7) is 6.07. The maximum atomic E-state index is 13.3. The van der Waals surface area contributed by atoms with Crippen LogP contribution >= 0.6 is 11.3 Å². The standard InChI is InChI=1S/C26H25F3N2O2S/c1-3-14-30(25(33)21-10-7-11-22(15-21)26(27,28)29)18-24(32)31(16-20-8-5-4-6-9-20)17-23-13-12-19(2)34-23/h3-13,15H,1,14,16-18H2,2H3. The smallest absolute Gasteiger partial charge is 0.332 e. The molecule has 0 bridgehead atoms. The minimum Gasteiger partial charge on any atom is -0.332 e. The van der Waals surface area contributed by atoms with E-state index in [1.165, 1.54) is 23.1 Å². The number of rotatable bonds is 9. The third-order valence-electron chi connectivity index (χ3n) is 5.11. The second-order valence-electron chi connectivity index (χ2n) is 7.80. The summed E-state index contributed by atoms with van der Waals surface area (Å²) in [5.41, 5.74) is -0.112. The van der Waals surface area contributed by atoms with Crippen molar-refractivity contribution in [1.29, 1.82) is 0 Å². The zero-order valence-corrected chi connectivity index (χ0v) is 19.5. The summed E-state index contributed by atoms with van der Waals surface area (Å²) in [5.74, 6) is -0.969. The highest BCUT2D eigenvalue weighted by molar-refractivity contribution is 7.11. The van der Waals surface area contributed by atoms with E-state index in [-0.39, 0.29) is 24.6 Å². The fourth-order valence-corrected chi connectivity index (χ4v) is 4.35. The monoisotopic (exact) mass is 486 g/mol. The van der Waals surface area contributed by atoms with E-state index in [1.807, 2.05) is 49.4 Å². The molecular weight excluding hydrogens is 461 g/mol. The summed E-state index contributed by atoms with van der Waals surface area (Å²) in [4.78, 5) is 31.3. The van der Waals surface area contributed by atoms with E-state index in [0.29, 0.717) is 13.1 Å². The molecule has 0 saturated carbocycles. The number of hydrogen-bond donors (Lipinski definition) is 0. The minimum absolute atomic E-state index is 0.0259. The van der Waals surface area contributed by atoms with Crippen LogP contribution in [0.2, 0.25) is 0 Å². The Morgan fingerprint density at radius 2 is 1.71 bits per heavy atom. The molecule has 34 heavy (non-hydrogen) atoms. The summed E-state index contributed by atoms with van der Waals surface area (Å²) >= 11 is 1.58. The Bertz CT molecular complexity index is 1140. The molecule has 4 nitrogen and oxygen atoms in total. The number of alkyl halides is 3. The van der Waals surface area contributed by atoms with Crippen LogP contribution in [0.25, 0.3) is 0 Å². The zero-order valence-electron chi connectivity index (χ0n) is 18.7. The summed E-state index contributed by atoms with van der Waals surface area (Å²) in [6, 6.07) is 17.6. The Kier molecular flexibility index (Phi) is 8.28. The Morgan fingerprint density at radius 3 is 2.32 bits per heavy atom. The van der Waals surface area contributed by atoms with Gasteiger partial charge in [-0.15, -0.1) is 17.9 Å². The van der Waals surface area contributed by atoms with Gasteiger partial charge in [-0.25, -0.2) is 0 Å². The largest absolute Gasteiger partial charge is 0.416 e. The lowest BCUT2D eigenvalue weighted by Gasteiger charge is -2.27. The number of nitrogens with zero attached hydrogens (tertiary/aromatic N) is 2. The van der Waals surface area contributed by atoms with Gasteiger partial charge in [-0.2, -0.15) is 13.2 Å². The number of benzene rings is 2. The van der Waals surface area contributed by atoms with Crippen molar-refractivity contribution >= 4 is 23.2 Å². The van der Waals surface area contributed by atoms with Crippen molar-refractivity contribution in [1.82, 2.24) is 9.80 Å². The number of thiophene rings is 1. The van der Waals surface area contributed by atoms with E-state index >= 15 is 0 Å². The second-order valence-corrected chi connectivity index (χ2v) is 9.17. The summed E-state index contributed by atoms with van der Waals surface area (Å²) in [5, 5.41) is 0. The number of halogens is 3. The average molecular weight is 487 g/mol. The van der Waals surface area contributed by atoms with Crippen LogP contribution in [0.3, 0.4) is 0 Å². The van der Waals surface area contributed by atoms with Gasteiger partial charge in [0.1, 0.15) is 6.54 Å². The molecule has 0 atom stereocenters. The van der Waals surface area contributed by atoms with Crippen molar-refractivity contribution < 1.29 is 22.8 Å². The van der Waals surface area contributed by atoms with E-state index in [9.17, 15) is 22.8 Å². The summed E-state index contributed by atoms with van der Waals surface area (Å²) in [7, 11) is 0. The average Bonchev–Trinajstić information content (AvgIpc) is 3.22. The molecule has 1 heterocycles. The van der Waals surface area contributed by atoms with Crippen molar-refractivity contribution in [3.63, 3.8) is 0 Å². The van der Waals surface area contributed by atoms with Crippen LogP contribution in [0, 0.1) is 6.92 Å². The van der Waals surface area contributed by atoms with Gasteiger partial charge in [-0.3, -0.25) is 9.59 Å². The predicted octanol–water partition coefficient (Wildman–Crippen LogP) is 5.93. The normalized spacial score (nSPS) is 11.2. The first-order chi connectivity index (χ1) is 16.2. The number of hydrogen-bond acceptors (Lipinski definition) is 3. The lowest BCUT2D eigenvalue weighted by molar-refractivity contribution is -0.137. The Morgan fingerprint density at radius 1 is 0.971 bits per heavy atom. The van der Waals surface area contributed by atoms with Gasteiger partial charge in [-0.05, 0) is 42.8 Å². The first kappa shape index (κ1) is 25.2. The van der Waals surface area contributed by atoms with Gasteiger partial charge in [-0.1, -0.05) is 42.5 Å². The highest BCUT2D eigenvalue weighted by Gasteiger charge is 2.31. The Labute approximate surface area is 200 Å². The number of aryl methyl sites for hydroxylation is 1. The molecule has 0 aliphatic heterocycles. The first-order valence-corrected chi connectivity index (χ1v) is 11.4.